The monoisotopic (exact) mass is 281 g/mol. The predicted octanol–water partition coefficient (Wildman–Crippen LogP) is -0.309. The molecule has 0 heterocycles. The number of carbonyl (C=O) groups excluding carboxylic acids is 1. The van der Waals surface area contributed by atoms with Gasteiger partial charge in [0.25, 0.3) is 0 Å². The summed E-state index contributed by atoms with van der Waals surface area (Å²) in [5, 5.41) is 11.1. The lowest BCUT2D eigenvalue weighted by molar-refractivity contribution is -0.118. The first-order valence-electron chi connectivity index (χ1n) is 5.54. The first-order valence-corrected chi connectivity index (χ1v) is 7.60. The molecule has 0 saturated carbocycles. The molecule has 6 heteroatoms. The zero-order valence-corrected chi connectivity index (χ0v) is 11.3. The van der Waals surface area contributed by atoms with Crippen molar-refractivity contribution in [1.82, 2.24) is 5.32 Å². The highest BCUT2D eigenvalue weighted by Crippen LogP contribution is 2.03. The van der Waals surface area contributed by atoms with E-state index in [0.29, 0.717) is 0 Å². The van der Waals surface area contributed by atoms with E-state index >= 15 is 0 Å². The number of aliphatic hydroxyl groups excluding tert-OH is 1. The van der Waals surface area contributed by atoms with Gasteiger partial charge in [-0.1, -0.05) is 24.0 Å². The molecule has 0 aliphatic heterocycles. The van der Waals surface area contributed by atoms with E-state index in [-0.39, 0.29) is 13.2 Å². The highest BCUT2D eigenvalue weighted by atomic mass is 32.2. The zero-order valence-electron chi connectivity index (χ0n) is 10.5. The molecular formula is C13H15NO4S. The quantitative estimate of drug-likeness (QED) is 0.742. The van der Waals surface area contributed by atoms with E-state index in [1.54, 1.807) is 24.3 Å². The van der Waals surface area contributed by atoms with Crippen LogP contribution in [0.4, 0.5) is 0 Å². The van der Waals surface area contributed by atoms with Gasteiger partial charge >= 0.3 is 0 Å². The molecule has 0 atom stereocenters. The van der Waals surface area contributed by atoms with E-state index in [4.69, 9.17) is 5.11 Å². The maximum Gasteiger partial charge on any atom is 0.235 e. The highest BCUT2D eigenvalue weighted by Gasteiger charge is 2.09. The van der Waals surface area contributed by atoms with Crippen LogP contribution in [-0.4, -0.2) is 38.0 Å². The molecule has 0 radical (unpaired) electrons. The molecule has 0 fully saturated rings. The zero-order chi connectivity index (χ0) is 14.3. The van der Waals surface area contributed by atoms with Crippen molar-refractivity contribution in [3.05, 3.63) is 35.4 Å². The topological polar surface area (TPSA) is 83.5 Å². The fraction of sp³-hybridized carbons (Fsp3) is 0.308. The minimum absolute atomic E-state index is 0.191. The number of rotatable bonds is 4. The number of nitrogens with one attached hydrogen (secondary N) is 1. The van der Waals surface area contributed by atoms with Crippen molar-refractivity contribution >= 4 is 15.7 Å². The van der Waals surface area contributed by atoms with Gasteiger partial charge in [0.15, 0.2) is 9.84 Å². The molecular weight excluding hydrogens is 266 g/mol. The molecule has 19 heavy (non-hydrogen) atoms. The molecule has 0 aliphatic carbocycles. The number of hydrogen-bond acceptors (Lipinski definition) is 4. The van der Waals surface area contributed by atoms with Gasteiger partial charge in [-0.3, -0.25) is 4.79 Å². The highest BCUT2D eigenvalue weighted by molar-refractivity contribution is 7.91. The third kappa shape index (κ3) is 6.60. The van der Waals surface area contributed by atoms with Crippen LogP contribution in [0, 0.1) is 11.8 Å². The third-order valence-corrected chi connectivity index (χ3v) is 2.94. The second-order valence-corrected chi connectivity index (χ2v) is 6.14. The summed E-state index contributed by atoms with van der Waals surface area (Å²) in [7, 11) is -3.30. The summed E-state index contributed by atoms with van der Waals surface area (Å²) in [6.07, 6.45) is 1.02. The standard InChI is InChI=1S/C13H15NO4S/c1-19(17,18)10-13(16)14-9-12-6-4-11(5-7-12)3-2-8-15/h4-7,15H,8-10H2,1H3,(H,14,16). The van der Waals surface area contributed by atoms with Gasteiger partial charge in [0, 0.05) is 18.4 Å². The lowest BCUT2D eigenvalue weighted by Crippen LogP contribution is -2.29. The number of benzene rings is 1. The molecule has 2 N–H and O–H groups in total. The average Bonchev–Trinajstić information content (AvgIpc) is 2.33. The summed E-state index contributed by atoms with van der Waals surface area (Å²) < 4.78 is 21.8. The number of amides is 1. The summed E-state index contributed by atoms with van der Waals surface area (Å²) in [6.45, 7) is 0.0748. The van der Waals surface area contributed by atoms with Gasteiger partial charge in [-0.05, 0) is 17.7 Å². The van der Waals surface area contributed by atoms with E-state index < -0.39 is 21.5 Å². The van der Waals surface area contributed by atoms with Gasteiger partial charge in [0.2, 0.25) is 5.91 Å². The van der Waals surface area contributed by atoms with Crippen molar-refractivity contribution in [3.63, 3.8) is 0 Å². The summed E-state index contributed by atoms with van der Waals surface area (Å²) in [5.74, 6) is 4.25. The van der Waals surface area contributed by atoms with E-state index in [2.05, 4.69) is 17.2 Å². The van der Waals surface area contributed by atoms with Crippen molar-refractivity contribution in [2.24, 2.45) is 0 Å². The number of aliphatic hydroxyl groups is 1. The summed E-state index contributed by atoms with van der Waals surface area (Å²) in [4.78, 5) is 11.3. The lowest BCUT2D eigenvalue weighted by atomic mass is 10.1. The second-order valence-electron chi connectivity index (χ2n) is 4.00. The Morgan fingerprint density at radius 2 is 1.95 bits per heavy atom. The molecule has 0 bridgehead atoms. The van der Waals surface area contributed by atoms with E-state index in [9.17, 15) is 13.2 Å². The molecule has 0 aliphatic rings. The van der Waals surface area contributed by atoms with Gasteiger partial charge < -0.3 is 10.4 Å². The molecule has 0 unspecified atom stereocenters. The molecule has 0 aromatic heterocycles. The van der Waals surface area contributed by atoms with Crippen LogP contribution in [0.5, 0.6) is 0 Å². The number of carbonyl (C=O) groups is 1. The fourth-order valence-corrected chi connectivity index (χ4v) is 1.92. The van der Waals surface area contributed by atoms with Crippen molar-refractivity contribution in [2.75, 3.05) is 18.6 Å². The van der Waals surface area contributed by atoms with Gasteiger partial charge in [-0.2, -0.15) is 0 Å². The van der Waals surface area contributed by atoms with Crippen LogP contribution in [0.1, 0.15) is 11.1 Å². The van der Waals surface area contributed by atoms with Crippen LogP contribution in [0.3, 0.4) is 0 Å². The number of hydrogen-bond donors (Lipinski definition) is 2. The lowest BCUT2D eigenvalue weighted by Gasteiger charge is -2.04. The van der Waals surface area contributed by atoms with Gasteiger partial charge in [0.05, 0.1) is 0 Å². The predicted molar refractivity (Wildman–Crippen MR) is 72.0 cm³/mol. The third-order valence-electron chi connectivity index (χ3n) is 2.15. The van der Waals surface area contributed by atoms with Crippen LogP contribution < -0.4 is 5.32 Å². The summed E-state index contributed by atoms with van der Waals surface area (Å²) in [6, 6.07) is 7.09. The van der Waals surface area contributed by atoms with Crippen molar-refractivity contribution < 1.29 is 18.3 Å². The Balaban J connectivity index is 2.52. The van der Waals surface area contributed by atoms with Crippen LogP contribution in [0.25, 0.3) is 0 Å². The Bertz CT molecular complexity index is 594. The van der Waals surface area contributed by atoms with Crippen LogP contribution >= 0.6 is 0 Å². The van der Waals surface area contributed by atoms with Crippen LogP contribution in [0.15, 0.2) is 24.3 Å². The van der Waals surface area contributed by atoms with Crippen molar-refractivity contribution in [2.45, 2.75) is 6.54 Å². The Kier molecular flexibility index (Phi) is 5.55. The van der Waals surface area contributed by atoms with Gasteiger partial charge in [-0.25, -0.2) is 8.42 Å². The Hall–Kier alpha value is -1.84. The smallest absolute Gasteiger partial charge is 0.235 e. The normalized spacial score (nSPS) is 10.4. The molecule has 102 valence electrons. The Morgan fingerprint density at radius 1 is 1.32 bits per heavy atom. The first kappa shape index (κ1) is 15.2. The van der Waals surface area contributed by atoms with Gasteiger partial charge in [-0.15, -0.1) is 0 Å². The maximum absolute atomic E-state index is 11.3. The molecule has 1 rings (SSSR count). The van der Waals surface area contributed by atoms with E-state index in [0.717, 1.165) is 17.4 Å². The van der Waals surface area contributed by atoms with Crippen molar-refractivity contribution in [3.8, 4) is 11.8 Å². The van der Waals surface area contributed by atoms with Crippen LogP contribution in [-0.2, 0) is 21.2 Å². The fourth-order valence-electron chi connectivity index (χ4n) is 1.34. The Labute approximate surface area is 112 Å². The first-order chi connectivity index (χ1) is 8.90. The van der Waals surface area contributed by atoms with Gasteiger partial charge in [0.1, 0.15) is 12.4 Å². The molecule has 1 aromatic rings. The minimum atomic E-state index is -3.30. The van der Waals surface area contributed by atoms with Crippen LogP contribution in [0.2, 0.25) is 0 Å². The number of sulfone groups is 1. The summed E-state index contributed by atoms with van der Waals surface area (Å²) >= 11 is 0. The second kappa shape index (κ2) is 6.92. The summed E-state index contributed by atoms with van der Waals surface area (Å²) in [5.41, 5.74) is 1.61. The molecule has 1 amide bonds. The maximum atomic E-state index is 11.3. The molecule has 0 saturated heterocycles. The molecule has 1 aromatic carbocycles. The SMILES string of the molecule is CS(=O)(=O)CC(=O)NCc1ccc(C#CCO)cc1. The molecule has 5 nitrogen and oxygen atoms in total. The Morgan fingerprint density at radius 3 is 2.47 bits per heavy atom. The average molecular weight is 281 g/mol. The minimum Gasteiger partial charge on any atom is -0.384 e. The van der Waals surface area contributed by atoms with E-state index in [1.165, 1.54) is 0 Å². The van der Waals surface area contributed by atoms with Crippen molar-refractivity contribution in [1.29, 1.82) is 0 Å². The molecule has 0 spiro atoms. The van der Waals surface area contributed by atoms with E-state index in [1.807, 2.05) is 0 Å². The largest absolute Gasteiger partial charge is 0.384 e.